The number of H-pyrrole nitrogens is 1. The largest absolute Gasteiger partial charge is 0.388 e. The number of piperazine rings is 1. The SMILES string of the molecule is OC1([C@H]2CN(c3nc(-c4[nH]nc5ncccc45)c(F)cc3Cl)CCN2)CC1. The number of halogens is 2. The number of fused-ring (bicyclic) bond motifs is 1. The summed E-state index contributed by atoms with van der Waals surface area (Å²) in [6, 6.07) is 4.83. The first-order valence-electron chi connectivity index (χ1n) is 8.91. The molecule has 140 valence electrons. The van der Waals surface area contributed by atoms with Crippen molar-refractivity contribution in [2.45, 2.75) is 24.5 Å². The third-order valence-electron chi connectivity index (χ3n) is 5.36. The number of pyridine rings is 2. The molecule has 2 fully saturated rings. The number of nitrogens with one attached hydrogen (secondary N) is 2. The van der Waals surface area contributed by atoms with E-state index in [1.165, 1.54) is 6.07 Å². The average molecular weight is 389 g/mol. The zero-order valence-corrected chi connectivity index (χ0v) is 15.2. The molecule has 0 amide bonds. The van der Waals surface area contributed by atoms with Gasteiger partial charge in [-0.25, -0.2) is 14.4 Å². The van der Waals surface area contributed by atoms with E-state index in [1.807, 2.05) is 11.0 Å². The van der Waals surface area contributed by atoms with Crippen LogP contribution in [0.2, 0.25) is 5.02 Å². The molecule has 0 aromatic carbocycles. The molecule has 5 rings (SSSR count). The van der Waals surface area contributed by atoms with E-state index < -0.39 is 11.4 Å². The molecule has 7 nitrogen and oxygen atoms in total. The topological polar surface area (TPSA) is 90.0 Å². The maximum atomic E-state index is 14.7. The van der Waals surface area contributed by atoms with Crippen LogP contribution in [0.15, 0.2) is 24.4 Å². The zero-order valence-electron chi connectivity index (χ0n) is 14.4. The maximum absolute atomic E-state index is 14.7. The van der Waals surface area contributed by atoms with E-state index in [0.717, 1.165) is 12.8 Å². The minimum Gasteiger partial charge on any atom is -0.388 e. The van der Waals surface area contributed by atoms with Gasteiger partial charge < -0.3 is 15.3 Å². The highest BCUT2D eigenvalue weighted by Gasteiger charge is 2.49. The smallest absolute Gasteiger partial charge is 0.181 e. The molecular weight excluding hydrogens is 371 g/mol. The van der Waals surface area contributed by atoms with E-state index >= 15 is 0 Å². The van der Waals surface area contributed by atoms with Crippen LogP contribution in [0.4, 0.5) is 10.2 Å². The van der Waals surface area contributed by atoms with Crippen molar-refractivity contribution in [2.24, 2.45) is 0 Å². The fourth-order valence-electron chi connectivity index (χ4n) is 3.66. The summed E-state index contributed by atoms with van der Waals surface area (Å²) in [5.74, 6) is -0.0129. The highest BCUT2D eigenvalue weighted by molar-refractivity contribution is 6.33. The molecule has 27 heavy (non-hydrogen) atoms. The second-order valence-electron chi connectivity index (χ2n) is 7.15. The van der Waals surface area contributed by atoms with Gasteiger partial charge in [0.25, 0.3) is 0 Å². The Kier molecular flexibility index (Phi) is 3.82. The molecule has 1 aliphatic heterocycles. The Hall–Kier alpha value is -2.29. The van der Waals surface area contributed by atoms with Crippen molar-refractivity contribution < 1.29 is 9.50 Å². The third kappa shape index (κ3) is 2.84. The number of aromatic nitrogens is 4. The van der Waals surface area contributed by atoms with Crippen LogP contribution in [0.25, 0.3) is 22.4 Å². The Morgan fingerprint density at radius 3 is 3.04 bits per heavy atom. The monoisotopic (exact) mass is 388 g/mol. The van der Waals surface area contributed by atoms with Crippen molar-refractivity contribution in [3.63, 3.8) is 0 Å². The Bertz CT molecular complexity index is 1020. The summed E-state index contributed by atoms with van der Waals surface area (Å²) < 4.78 is 14.7. The van der Waals surface area contributed by atoms with Crippen molar-refractivity contribution in [2.75, 3.05) is 24.5 Å². The molecule has 0 radical (unpaired) electrons. The van der Waals surface area contributed by atoms with Gasteiger partial charge in [0, 0.05) is 31.2 Å². The molecule has 3 N–H and O–H groups in total. The summed E-state index contributed by atoms with van der Waals surface area (Å²) in [5.41, 5.74) is 0.480. The summed E-state index contributed by atoms with van der Waals surface area (Å²) in [4.78, 5) is 10.7. The van der Waals surface area contributed by atoms with Crippen LogP contribution in [-0.4, -0.2) is 56.5 Å². The van der Waals surface area contributed by atoms with Gasteiger partial charge in [-0.05, 0) is 31.0 Å². The molecule has 1 saturated heterocycles. The summed E-state index contributed by atoms with van der Waals surface area (Å²) in [5, 5.41) is 21.7. The van der Waals surface area contributed by atoms with Crippen LogP contribution >= 0.6 is 11.6 Å². The third-order valence-corrected chi connectivity index (χ3v) is 5.64. The molecule has 3 aromatic rings. The Labute approximate surface area is 159 Å². The van der Waals surface area contributed by atoms with Crippen molar-refractivity contribution in [3.8, 4) is 11.4 Å². The van der Waals surface area contributed by atoms with Crippen molar-refractivity contribution in [1.82, 2.24) is 25.5 Å². The quantitative estimate of drug-likeness (QED) is 0.636. The van der Waals surface area contributed by atoms with Crippen molar-refractivity contribution in [3.05, 3.63) is 35.2 Å². The lowest BCUT2D eigenvalue weighted by Gasteiger charge is -2.37. The van der Waals surface area contributed by atoms with Crippen LogP contribution in [0, 0.1) is 5.82 Å². The van der Waals surface area contributed by atoms with Gasteiger partial charge in [0.1, 0.15) is 11.5 Å². The Balaban J connectivity index is 1.55. The normalized spacial score (nSPS) is 21.6. The second-order valence-corrected chi connectivity index (χ2v) is 7.56. The van der Waals surface area contributed by atoms with Crippen LogP contribution in [0.1, 0.15) is 12.8 Å². The number of hydrogen-bond donors (Lipinski definition) is 3. The lowest BCUT2D eigenvalue weighted by Crippen LogP contribution is -2.57. The second kappa shape index (κ2) is 6.12. The van der Waals surface area contributed by atoms with Crippen LogP contribution in [0.5, 0.6) is 0 Å². The summed E-state index contributed by atoms with van der Waals surface area (Å²) in [6.07, 6.45) is 3.22. The van der Waals surface area contributed by atoms with Gasteiger partial charge in [-0.1, -0.05) is 11.6 Å². The average Bonchev–Trinajstić information content (AvgIpc) is 3.29. The minimum atomic E-state index is -0.654. The molecule has 1 saturated carbocycles. The fraction of sp³-hybridized carbons (Fsp3) is 0.389. The van der Waals surface area contributed by atoms with Gasteiger partial charge in [-0.15, -0.1) is 0 Å². The first kappa shape index (κ1) is 16.9. The van der Waals surface area contributed by atoms with E-state index in [0.29, 0.717) is 42.2 Å². The van der Waals surface area contributed by atoms with E-state index in [-0.39, 0.29) is 16.8 Å². The molecule has 2 aliphatic rings. The van der Waals surface area contributed by atoms with Gasteiger partial charge in [0.2, 0.25) is 0 Å². The number of aliphatic hydroxyl groups is 1. The molecular formula is C18H18ClFN6O. The number of anilines is 1. The number of nitrogens with zero attached hydrogens (tertiary/aromatic N) is 4. The van der Waals surface area contributed by atoms with E-state index in [2.05, 4.69) is 25.5 Å². The molecule has 0 unspecified atom stereocenters. The minimum absolute atomic E-state index is 0.0465. The molecule has 4 heterocycles. The lowest BCUT2D eigenvalue weighted by molar-refractivity contribution is 0.0995. The first-order chi connectivity index (χ1) is 13.0. The van der Waals surface area contributed by atoms with Crippen molar-refractivity contribution >= 4 is 28.5 Å². The van der Waals surface area contributed by atoms with Gasteiger partial charge in [-0.2, -0.15) is 5.10 Å². The van der Waals surface area contributed by atoms with E-state index in [9.17, 15) is 9.50 Å². The number of hydrogen-bond acceptors (Lipinski definition) is 6. The van der Waals surface area contributed by atoms with Gasteiger partial charge in [0.15, 0.2) is 11.5 Å². The van der Waals surface area contributed by atoms with Crippen LogP contribution < -0.4 is 10.2 Å². The predicted octanol–water partition coefficient (Wildman–Crippen LogP) is 2.12. The van der Waals surface area contributed by atoms with E-state index in [1.54, 1.807) is 12.3 Å². The predicted molar refractivity (Wildman–Crippen MR) is 100 cm³/mol. The molecule has 1 atom stereocenters. The van der Waals surface area contributed by atoms with Crippen molar-refractivity contribution in [1.29, 1.82) is 0 Å². The lowest BCUT2D eigenvalue weighted by atomic mass is 10.1. The van der Waals surface area contributed by atoms with Gasteiger partial charge >= 0.3 is 0 Å². The van der Waals surface area contributed by atoms with Gasteiger partial charge in [-0.3, -0.25) is 5.10 Å². The Morgan fingerprint density at radius 1 is 1.37 bits per heavy atom. The first-order valence-corrected chi connectivity index (χ1v) is 9.29. The number of aromatic amines is 1. The summed E-state index contributed by atoms with van der Waals surface area (Å²) in [6.45, 7) is 1.95. The Morgan fingerprint density at radius 2 is 2.22 bits per heavy atom. The summed E-state index contributed by atoms with van der Waals surface area (Å²) >= 11 is 6.33. The highest BCUT2D eigenvalue weighted by atomic mass is 35.5. The molecule has 3 aromatic heterocycles. The highest BCUT2D eigenvalue weighted by Crippen LogP contribution is 2.40. The fourth-order valence-corrected chi connectivity index (χ4v) is 3.92. The molecule has 0 spiro atoms. The van der Waals surface area contributed by atoms with Crippen LogP contribution in [0.3, 0.4) is 0 Å². The summed E-state index contributed by atoms with van der Waals surface area (Å²) in [7, 11) is 0. The molecule has 0 bridgehead atoms. The van der Waals surface area contributed by atoms with Crippen LogP contribution in [-0.2, 0) is 0 Å². The molecule has 9 heteroatoms. The standard InChI is InChI=1S/C18H18ClFN6O/c19-11-8-12(20)15(14-10-2-1-5-22-16(10)25-24-14)23-17(11)26-7-6-21-13(9-26)18(27)3-4-18/h1-2,5,8,13,21,27H,3-4,6-7,9H2,(H,22,24,25)/t13-/m1/s1. The number of rotatable bonds is 3. The molecule has 1 aliphatic carbocycles. The zero-order chi connectivity index (χ0) is 18.6. The maximum Gasteiger partial charge on any atom is 0.181 e. The van der Waals surface area contributed by atoms with E-state index in [4.69, 9.17) is 11.6 Å². The van der Waals surface area contributed by atoms with Gasteiger partial charge in [0.05, 0.1) is 22.4 Å².